The summed E-state index contributed by atoms with van der Waals surface area (Å²) < 4.78 is 1.82. The Balaban J connectivity index is 1.92. The summed E-state index contributed by atoms with van der Waals surface area (Å²) in [7, 11) is 1.92. The number of anilines is 1. The summed E-state index contributed by atoms with van der Waals surface area (Å²) in [5.74, 6) is 0. The summed E-state index contributed by atoms with van der Waals surface area (Å²) in [5.41, 5.74) is 4.26. The molecule has 108 valence electrons. The lowest BCUT2D eigenvalue weighted by Gasteiger charge is -2.18. The third-order valence-corrected chi connectivity index (χ3v) is 3.81. The van der Waals surface area contributed by atoms with Crippen LogP contribution in [0, 0.1) is 6.92 Å². The lowest BCUT2D eigenvalue weighted by molar-refractivity contribution is 0.748. The maximum absolute atomic E-state index is 4.52. The molecule has 0 bridgehead atoms. The molecule has 2 heterocycles. The molecule has 0 aliphatic heterocycles. The van der Waals surface area contributed by atoms with Crippen LogP contribution in [0.4, 0.5) is 5.69 Å². The van der Waals surface area contributed by atoms with Gasteiger partial charge in [-0.2, -0.15) is 5.10 Å². The second-order valence-electron chi connectivity index (χ2n) is 5.32. The van der Waals surface area contributed by atoms with Crippen molar-refractivity contribution >= 4 is 16.7 Å². The Morgan fingerprint density at radius 2 is 2.00 bits per heavy atom. The number of hydrogen-bond acceptors (Lipinski definition) is 3. The van der Waals surface area contributed by atoms with Gasteiger partial charge in [0.25, 0.3) is 0 Å². The molecule has 2 aromatic heterocycles. The van der Waals surface area contributed by atoms with Gasteiger partial charge in [-0.1, -0.05) is 37.3 Å². The van der Waals surface area contributed by atoms with Crippen LogP contribution in [0.25, 0.3) is 11.0 Å². The molecule has 0 radical (unpaired) electrons. The fourth-order valence-electron chi connectivity index (χ4n) is 2.69. The highest BCUT2D eigenvalue weighted by Crippen LogP contribution is 2.25. The molecule has 0 fully saturated rings. The SMILES string of the molecule is CCC(Nc1cnc2c(c1)c(C)nn2C)c1ccccc1. The van der Waals surface area contributed by atoms with Crippen molar-refractivity contribution in [3.05, 3.63) is 53.9 Å². The summed E-state index contributed by atoms with van der Waals surface area (Å²) >= 11 is 0. The lowest BCUT2D eigenvalue weighted by atomic mass is 10.0. The van der Waals surface area contributed by atoms with E-state index < -0.39 is 0 Å². The van der Waals surface area contributed by atoms with E-state index in [0.29, 0.717) is 6.04 Å². The average Bonchev–Trinajstić information content (AvgIpc) is 2.80. The van der Waals surface area contributed by atoms with E-state index in [9.17, 15) is 0 Å². The molecule has 4 nitrogen and oxygen atoms in total. The summed E-state index contributed by atoms with van der Waals surface area (Å²) in [4.78, 5) is 4.52. The molecule has 4 heteroatoms. The van der Waals surface area contributed by atoms with Crippen LogP contribution in [-0.2, 0) is 7.05 Å². The maximum atomic E-state index is 4.52. The zero-order valence-electron chi connectivity index (χ0n) is 12.7. The molecule has 0 saturated heterocycles. The van der Waals surface area contributed by atoms with Gasteiger partial charge in [0.2, 0.25) is 0 Å². The number of nitrogens with zero attached hydrogens (tertiary/aromatic N) is 3. The normalized spacial score (nSPS) is 12.5. The predicted octanol–water partition coefficient (Wildman–Crippen LogP) is 3.84. The van der Waals surface area contributed by atoms with E-state index in [1.165, 1.54) is 5.56 Å². The molecule has 0 saturated carbocycles. The first-order valence-corrected chi connectivity index (χ1v) is 7.30. The second kappa shape index (κ2) is 5.56. The minimum atomic E-state index is 0.294. The van der Waals surface area contributed by atoms with Crippen LogP contribution in [0.5, 0.6) is 0 Å². The molecule has 0 amide bonds. The average molecular weight is 280 g/mol. The summed E-state index contributed by atoms with van der Waals surface area (Å²) in [6.07, 6.45) is 2.91. The fraction of sp³-hybridized carbons (Fsp3) is 0.294. The van der Waals surface area contributed by atoms with Crippen molar-refractivity contribution in [1.82, 2.24) is 14.8 Å². The first kappa shape index (κ1) is 13.6. The smallest absolute Gasteiger partial charge is 0.157 e. The Hall–Kier alpha value is -2.36. The molecular formula is C17H20N4. The topological polar surface area (TPSA) is 42.7 Å². The molecule has 1 unspecified atom stereocenters. The zero-order valence-corrected chi connectivity index (χ0v) is 12.7. The minimum Gasteiger partial charge on any atom is -0.377 e. The number of aromatic nitrogens is 3. The van der Waals surface area contributed by atoms with Gasteiger partial charge in [-0.15, -0.1) is 0 Å². The number of benzene rings is 1. The Labute approximate surface area is 124 Å². The van der Waals surface area contributed by atoms with Gasteiger partial charge >= 0.3 is 0 Å². The summed E-state index contributed by atoms with van der Waals surface area (Å²) in [5, 5.41) is 9.09. The van der Waals surface area contributed by atoms with Crippen molar-refractivity contribution in [1.29, 1.82) is 0 Å². The van der Waals surface area contributed by atoms with Crippen molar-refractivity contribution in [3.8, 4) is 0 Å². The van der Waals surface area contributed by atoms with Crippen molar-refractivity contribution < 1.29 is 0 Å². The van der Waals surface area contributed by atoms with Gasteiger partial charge < -0.3 is 5.32 Å². The van der Waals surface area contributed by atoms with Gasteiger partial charge in [0.15, 0.2) is 5.65 Å². The van der Waals surface area contributed by atoms with E-state index in [1.54, 1.807) is 0 Å². The van der Waals surface area contributed by atoms with Crippen LogP contribution in [0.2, 0.25) is 0 Å². The van der Waals surface area contributed by atoms with Crippen LogP contribution in [0.15, 0.2) is 42.6 Å². The van der Waals surface area contributed by atoms with Crippen molar-refractivity contribution in [3.63, 3.8) is 0 Å². The second-order valence-corrected chi connectivity index (χ2v) is 5.32. The molecule has 0 aliphatic carbocycles. The number of hydrogen-bond donors (Lipinski definition) is 1. The molecule has 0 spiro atoms. The van der Waals surface area contributed by atoms with E-state index >= 15 is 0 Å². The van der Waals surface area contributed by atoms with Gasteiger partial charge in [0.1, 0.15) is 0 Å². The quantitative estimate of drug-likeness (QED) is 0.789. The third kappa shape index (κ3) is 2.61. The molecule has 21 heavy (non-hydrogen) atoms. The summed E-state index contributed by atoms with van der Waals surface area (Å²) in [6, 6.07) is 12.9. The molecule has 1 aromatic carbocycles. The molecule has 1 N–H and O–H groups in total. The minimum absolute atomic E-state index is 0.294. The lowest BCUT2D eigenvalue weighted by Crippen LogP contribution is -2.09. The van der Waals surface area contributed by atoms with Crippen LogP contribution in [0.3, 0.4) is 0 Å². The highest BCUT2D eigenvalue weighted by molar-refractivity contribution is 5.81. The number of pyridine rings is 1. The fourth-order valence-corrected chi connectivity index (χ4v) is 2.69. The van der Waals surface area contributed by atoms with E-state index in [1.807, 2.05) is 30.9 Å². The van der Waals surface area contributed by atoms with Gasteiger partial charge in [0.05, 0.1) is 23.6 Å². The van der Waals surface area contributed by atoms with E-state index in [2.05, 4.69) is 52.7 Å². The van der Waals surface area contributed by atoms with Crippen LogP contribution >= 0.6 is 0 Å². The molecule has 3 aromatic rings. The molecule has 0 aliphatic rings. The number of aryl methyl sites for hydroxylation is 2. The zero-order chi connectivity index (χ0) is 14.8. The first-order valence-electron chi connectivity index (χ1n) is 7.30. The highest BCUT2D eigenvalue weighted by atomic mass is 15.3. The van der Waals surface area contributed by atoms with Gasteiger partial charge in [0, 0.05) is 12.4 Å². The van der Waals surface area contributed by atoms with Gasteiger partial charge in [-0.3, -0.25) is 4.68 Å². The monoisotopic (exact) mass is 280 g/mol. The number of nitrogens with one attached hydrogen (secondary N) is 1. The maximum Gasteiger partial charge on any atom is 0.157 e. The van der Waals surface area contributed by atoms with E-state index in [-0.39, 0.29) is 0 Å². The van der Waals surface area contributed by atoms with Crippen molar-refractivity contribution in [2.24, 2.45) is 7.05 Å². The van der Waals surface area contributed by atoms with Crippen LogP contribution in [0.1, 0.15) is 30.6 Å². The highest BCUT2D eigenvalue weighted by Gasteiger charge is 2.11. The Morgan fingerprint density at radius 1 is 1.24 bits per heavy atom. The third-order valence-electron chi connectivity index (χ3n) is 3.81. The van der Waals surface area contributed by atoms with Crippen LogP contribution in [-0.4, -0.2) is 14.8 Å². The first-order chi connectivity index (χ1) is 10.2. The Morgan fingerprint density at radius 3 is 2.71 bits per heavy atom. The Bertz CT molecular complexity index is 746. The van der Waals surface area contributed by atoms with Gasteiger partial charge in [-0.05, 0) is 25.0 Å². The van der Waals surface area contributed by atoms with Crippen molar-refractivity contribution in [2.75, 3.05) is 5.32 Å². The van der Waals surface area contributed by atoms with Crippen molar-refractivity contribution in [2.45, 2.75) is 26.3 Å². The molecule has 1 atom stereocenters. The van der Waals surface area contributed by atoms with E-state index in [0.717, 1.165) is 28.8 Å². The number of rotatable bonds is 4. The summed E-state index contributed by atoms with van der Waals surface area (Å²) in [6.45, 7) is 4.20. The Kier molecular flexibility index (Phi) is 3.60. The number of fused-ring (bicyclic) bond motifs is 1. The van der Waals surface area contributed by atoms with Gasteiger partial charge in [-0.25, -0.2) is 4.98 Å². The largest absolute Gasteiger partial charge is 0.377 e. The van der Waals surface area contributed by atoms with Crippen LogP contribution < -0.4 is 5.32 Å². The standard InChI is InChI=1S/C17H20N4/c1-4-16(13-8-6-5-7-9-13)19-14-10-15-12(2)20-21(3)17(15)18-11-14/h5-11,16,19H,4H2,1-3H3. The predicted molar refractivity (Wildman–Crippen MR) is 86.3 cm³/mol. The molecular weight excluding hydrogens is 260 g/mol. The van der Waals surface area contributed by atoms with E-state index in [4.69, 9.17) is 0 Å². The molecule has 3 rings (SSSR count).